The Labute approximate surface area is 157 Å². The van der Waals surface area contributed by atoms with Crippen LogP contribution in [0.4, 0.5) is 20.6 Å². The van der Waals surface area contributed by atoms with E-state index in [-0.39, 0.29) is 0 Å². The largest absolute Gasteiger partial charge is 0.370 e. The van der Waals surface area contributed by atoms with E-state index in [2.05, 4.69) is 15.5 Å². The quantitative estimate of drug-likeness (QED) is 0.748. The van der Waals surface area contributed by atoms with Crippen LogP contribution in [0.1, 0.15) is 39.5 Å². The van der Waals surface area contributed by atoms with Crippen molar-refractivity contribution in [3.05, 3.63) is 24.0 Å². The van der Waals surface area contributed by atoms with Crippen molar-refractivity contribution in [3.8, 4) is 0 Å². The fourth-order valence-corrected chi connectivity index (χ4v) is 3.72. The molecule has 1 aromatic carbocycles. The summed E-state index contributed by atoms with van der Waals surface area (Å²) in [6.07, 6.45) is 3.00. The SMILES string of the molecule is CCC1(CC)NC(=O)N(CC(=O)Nc2cc(F)ccc2N2CCCC2)C1=O. The number of carbonyl (C=O) groups is 3. The number of benzene rings is 1. The second-order valence-electron chi connectivity index (χ2n) is 7.01. The first-order valence-corrected chi connectivity index (χ1v) is 9.38. The highest BCUT2D eigenvalue weighted by atomic mass is 19.1. The molecule has 2 aliphatic rings. The summed E-state index contributed by atoms with van der Waals surface area (Å²) in [5.74, 6) is -1.39. The van der Waals surface area contributed by atoms with E-state index in [9.17, 15) is 18.8 Å². The maximum Gasteiger partial charge on any atom is 0.325 e. The summed E-state index contributed by atoms with van der Waals surface area (Å²) in [7, 11) is 0. The van der Waals surface area contributed by atoms with E-state index in [4.69, 9.17) is 0 Å². The standard InChI is InChI=1S/C19H25FN4O3/c1-3-19(4-2)17(26)24(18(27)22-19)12-16(25)21-14-11-13(20)7-8-15(14)23-9-5-6-10-23/h7-8,11H,3-6,9-10,12H2,1-2H3,(H,21,25)(H,22,27). The molecule has 7 nitrogen and oxygen atoms in total. The van der Waals surface area contributed by atoms with Crippen LogP contribution in [-0.4, -0.2) is 47.9 Å². The third-order valence-electron chi connectivity index (χ3n) is 5.43. The van der Waals surface area contributed by atoms with Gasteiger partial charge in [0.25, 0.3) is 5.91 Å². The number of nitrogens with zero attached hydrogens (tertiary/aromatic N) is 2. The molecular weight excluding hydrogens is 351 g/mol. The molecule has 0 aromatic heterocycles. The average molecular weight is 376 g/mol. The molecule has 0 aliphatic carbocycles. The van der Waals surface area contributed by atoms with Gasteiger partial charge in [-0.3, -0.25) is 14.5 Å². The number of carbonyl (C=O) groups excluding carboxylic acids is 3. The highest BCUT2D eigenvalue weighted by Crippen LogP contribution is 2.30. The van der Waals surface area contributed by atoms with Crippen LogP contribution in [0.15, 0.2) is 18.2 Å². The number of nitrogens with one attached hydrogen (secondary N) is 2. The molecular formula is C19H25FN4O3. The first kappa shape index (κ1) is 19.1. The van der Waals surface area contributed by atoms with E-state index in [1.807, 2.05) is 13.8 Å². The second-order valence-corrected chi connectivity index (χ2v) is 7.01. The zero-order valence-corrected chi connectivity index (χ0v) is 15.7. The summed E-state index contributed by atoms with van der Waals surface area (Å²) >= 11 is 0. The summed E-state index contributed by atoms with van der Waals surface area (Å²) in [4.78, 5) is 40.3. The smallest absolute Gasteiger partial charge is 0.325 e. The minimum Gasteiger partial charge on any atom is -0.370 e. The van der Waals surface area contributed by atoms with Gasteiger partial charge in [0, 0.05) is 13.1 Å². The van der Waals surface area contributed by atoms with Crippen LogP contribution in [0.3, 0.4) is 0 Å². The Bertz CT molecular complexity index is 757. The van der Waals surface area contributed by atoms with E-state index in [1.165, 1.54) is 12.1 Å². The fourth-order valence-electron chi connectivity index (χ4n) is 3.72. The molecule has 2 heterocycles. The van der Waals surface area contributed by atoms with E-state index in [0.29, 0.717) is 18.5 Å². The maximum atomic E-state index is 13.7. The second kappa shape index (κ2) is 7.54. The van der Waals surface area contributed by atoms with Gasteiger partial charge in [0.1, 0.15) is 17.9 Å². The van der Waals surface area contributed by atoms with E-state index >= 15 is 0 Å². The lowest BCUT2D eigenvalue weighted by Crippen LogP contribution is -2.46. The molecule has 1 aromatic rings. The van der Waals surface area contributed by atoms with E-state index in [1.54, 1.807) is 6.07 Å². The van der Waals surface area contributed by atoms with Gasteiger partial charge in [0.15, 0.2) is 0 Å². The van der Waals surface area contributed by atoms with Crippen LogP contribution < -0.4 is 15.5 Å². The minimum atomic E-state index is -0.947. The number of hydrogen-bond acceptors (Lipinski definition) is 4. The lowest BCUT2D eigenvalue weighted by atomic mass is 9.93. The Morgan fingerprint density at radius 3 is 2.48 bits per heavy atom. The van der Waals surface area contributed by atoms with Crippen LogP contribution in [0.5, 0.6) is 0 Å². The highest BCUT2D eigenvalue weighted by molar-refractivity contribution is 6.10. The number of imide groups is 1. The monoisotopic (exact) mass is 376 g/mol. The Balaban J connectivity index is 1.74. The molecule has 0 spiro atoms. The molecule has 0 saturated carbocycles. The van der Waals surface area contributed by atoms with Gasteiger partial charge >= 0.3 is 6.03 Å². The Morgan fingerprint density at radius 1 is 1.22 bits per heavy atom. The van der Waals surface area contributed by atoms with E-state index < -0.39 is 35.7 Å². The van der Waals surface area contributed by atoms with Crippen molar-refractivity contribution in [3.63, 3.8) is 0 Å². The third-order valence-corrected chi connectivity index (χ3v) is 5.43. The van der Waals surface area contributed by atoms with Gasteiger partial charge in [-0.1, -0.05) is 13.8 Å². The molecule has 146 valence electrons. The van der Waals surface area contributed by atoms with Crippen molar-refractivity contribution in [2.24, 2.45) is 0 Å². The average Bonchev–Trinajstić information content (AvgIpc) is 3.25. The third kappa shape index (κ3) is 3.61. The first-order chi connectivity index (χ1) is 12.9. The van der Waals surface area contributed by atoms with Crippen LogP contribution in [-0.2, 0) is 9.59 Å². The normalized spacial score (nSPS) is 18.8. The zero-order chi connectivity index (χ0) is 19.6. The number of halogens is 1. The molecule has 3 rings (SSSR count). The van der Waals surface area contributed by atoms with Gasteiger partial charge in [0.05, 0.1) is 11.4 Å². The Morgan fingerprint density at radius 2 is 1.89 bits per heavy atom. The Hall–Kier alpha value is -2.64. The zero-order valence-electron chi connectivity index (χ0n) is 15.7. The molecule has 0 bridgehead atoms. The fraction of sp³-hybridized carbons (Fsp3) is 0.526. The van der Waals surface area contributed by atoms with Crippen LogP contribution in [0.2, 0.25) is 0 Å². The lowest BCUT2D eigenvalue weighted by molar-refractivity contribution is -0.134. The molecule has 0 radical (unpaired) electrons. The lowest BCUT2D eigenvalue weighted by Gasteiger charge is -2.23. The molecule has 2 saturated heterocycles. The number of amides is 4. The summed E-state index contributed by atoms with van der Waals surface area (Å²) in [5, 5.41) is 5.36. The number of anilines is 2. The van der Waals surface area contributed by atoms with Gasteiger partial charge in [-0.15, -0.1) is 0 Å². The van der Waals surface area contributed by atoms with Crippen molar-refractivity contribution < 1.29 is 18.8 Å². The maximum absolute atomic E-state index is 13.7. The van der Waals surface area contributed by atoms with Gasteiger partial charge in [-0.25, -0.2) is 9.18 Å². The number of hydrogen-bond donors (Lipinski definition) is 2. The van der Waals surface area contributed by atoms with Crippen molar-refractivity contribution in [1.82, 2.24) is 10.2 Å². The van der Waals surface area contributed by atoms with Gasteiger partial charge in [0.2, 0.25) is 5.91 Å². The summed E-state index contributed by atoms with van der Waals surface area (Å²) in [6, 6.07) is 3.69. The van der Waals surface area contributed by atoms with Crippen molar-refractivity contribution in [2.75, 3.05) is 29.9 Å². The van der Waals surface area contributed by atoms with Crippen LogP contribution in [0, 0.1) is 5.82 Å². The minimum absolute atomic E-state index is 0.353. The predicted molar refractivity (Wildman–Crippen MR) is 100 cm³/mol. The summed E-state index contributed by atoms with van der Waals surface area (Å²) in [5.41, 5.74) is 0.152. The molecule has 2 N–H and O–H groups in total. The molecule has 2 fully saturated rings. The molecule has 2 aliphatic heterocycles. The highest BCUT2D eigenvalue weighted by Gasteiger charge is 2.49. The van der Waals surface area contributed by atoms with Gasteiger partial charge < -0.3 is 15.5 Å². The van der Waals surface area contributed by atoms with Crippen molar-refractivity contribution in [2.45, 2.75) is 45.1 Å². The Kier molecular flexibility index (Phi) is 5.34. The molecule has 0 unspecified atom stereocenters. The molecule has 27 heavy (non-hydrogen) atoms. The van der Waals surface area contributed by atoms with Crippen LogP contribution >= 0.6 is 0 Å². The number of urea groups is 1. The van der Waals surface area contributed by atoms with Crippen molar-refractivity contribution in [1.29, 1.82) is 0 Å². The van der Waals surface area contributed by atoms with Gasteiger partial charge in [-0.2, -0.15) is 0 Å². The summed E-state index contributed by atoms with van der Waals surface area (Å²) < 4.78 is 13.7. The topological polar surface area (TPSA) is 81.8 Å². The molecule has 8 heteroatoms. The predicted octanol–water partition coefficient (Wildman–Crippen LogP) is 2.48. The van der Waals surface area contributed by atoms with Crippen molar-refractivity contribution >= 4 is 29.2 Å². The number of rotatable bonds is 6. The van der Waals surface area contributed by atoms with Gasteiger partial charge in [-0.05, 0) is 43.9 Å². The first-order valence-electron chi connectivity index (χ1n) is 9.38. The van der Waals surface area contributed by atoms with Crippen LogP contribution in [0.25, 0.3) is 0 Å². The summed E-state index contributed by atoms with van der Waals surface area (Å²) in [6.45, 7) is 4.93. The molecule has 0 atom stereocenters. The van der Waals surface area contributed by atoms with E-state index in [0.717, 1.165) is 36.5 Å². The molecule has 4 amide bonds.